The number of para-hydroxylation sites is 2. The van der Waals surface area contributed by atoms with Gasteiger partial charge in [-0.2, -0.15) is 0 Å². The summed E-state index contributed by atoms with van der Waals surface area (Å²) >= 11 is 0. The molecule has 122 valence electrons. The van der Waals surface area contributed by atoms with Crippen LogP contribution >= 0.6 is 0 Å². The normalized spacial score (nSPS) is 11.6. The van der Waals surface area contributed by atoms with Crippen molar-refractivity contribution in [3.63, 3.8) is 0 Å². The molecule has 1 N–H and O–H groups in total. The van der Waals surface area contributed by atoms with E-state index < -0.39 is 6.10 Å². The molecule has 4 heteroatoms. The van der Waals surface area contributed by atoms with Crippen LogP contribution < -0.4 is 14.8 Å². The summed E-state index contributed by atoms with van der Waals surface area (Å²) in [5.41, 5.74) is 1.75. The Morgan fingerprint density at radius 1 is 1.17 bits per heavy atom. The van der Waals surface area contributed by atoms with E-state index in [1.807, 2.05) is 62.4 Å². The van der Waals surface area contributed by atoms with E-state index in [9.17, 15) is 4.79 Å². The Bertz CT molecular complexity index is 655. The molecule has 0 aliphatic carbocycles. The number of hydrogen-bond donors (Lipinski definition) is 1. The fraction of sp³-hybridized carbons (Fsp3) is 0.316. The van der Waals surface area contributed by atoms with Crippen LogP contribution in [0.2, 0.25) is 0 Å². The average Bonchev–Trinajstić information content (AvgIpc) is 2.54. The second-order valence-electron chi connectivity index (χ2n) is 5.41. The summed E-state index contributed by atoms with van der Waals surface area (Å²) in [4.78, 5) is 12.3. The molecule has 0 aliphatic heterocycles. The molecule has 0 fully saturated rings. The highest BCUT2D eigenvalue weighted by Crippen LogP contribution is 2.24. The number of nitrogens with one attached hydrogen (secondary N) is 1. The molecule has 0 saturated carbocycles. The fourth-order valence-electron chi connectivity index (χ4n) is 2.09. The lowest BCUT2D eigenvalue weighted by molar-refractivity contribution is -0.122. The summed E-state index contributed by atoms with van der Waals surface area (Å²) in [5.74, 6) is 1.15. The quantitative estimate of drug-likeness (QED) is 0.833. The van der Waals surface area contributed by atoms with Gasteiger partial charge in [-0.15, -0.1) is 0 Å². The first kappa shape index (κ1) is 16.9. The Balaban J connectivity index is 2.01. The molecule has 1 atom stereocenters. The van der Waals surface area contributed by atoms with E-state index in [0.29, 0.717) is 23.8 Å². The van der Waals surface area contributed by atoms with Crippen molar-refractivity contribution in [2.75, 3.05) is 11.9 Å². The van der Waals surface area contributed by atoms with Crippen molar-refractivity contribution in [3.05, 3.63) is 54.1 Å². The first-order chi connectivity index (χ1) is 11.1. The van der Waals surface area contributed by atoms with Gasteiger partial charge >= 0.3 is 0 Å². The summed E-state index contributed by atoms with van der Waals surface area (Å²) in [6.07, 6.45) is 0.311. The molecule has 0 spiro atoms. The van der Waals surface area contributed by atoms with Crippen molar-refractivity contribution >= 4 is 11.6 Å². The van der Waals surface area contributed by atoms with Crippen molar-refractivity contribution in [1.29, 1.82) is 0 Å². The first-order valence-corrected chi connectivity index (χ1v) is 7.86. The Morgan fingerprint density at radius 3 is 2.70 bits per heavy atom. The number of benzene rings is 2. The van der Waals surface area contributed by atoms with Crippen molar-refractivity contribution in [3.8, 4) is 11.5 Å². The van der Waals surface area contributed by atoms with Gasteiger partial charge < -0.3 is 14.8 Å². The number of anilines is 1. The lowest BCUT2D eigenvalue weighted by Crippen LogP contribution is -2.30. The van der Waals surface area contributed by atoms with E-state index in [0.717, 1.165) is 12.0 Å². The minimum absolute atomic E-state index is 0.209. The van der Waals surface area contributed by atoms with Gasteiger partial charge in [0, 0.05) is 0 Å². The van der Waals surface area contributed by atoms with Gasteiger partial charge in [-0.3, -0.25) is 4.79 Å². The van der Waals surface area contributed by atoms with Crippen molar-refractivity contribution in [2.45, 2.75) is 33.3 Å². The Hall–Kier alpha value is -2.49. The number of amides is 1. The molecule has 1 amide bonds. The molecular weight excluding hydrogens is 290 g/mol. The van der Waals surface area contributed by atoms with E-state index in [-0.39, 0.29) is 5.91 Å². The van der Waals surface area contributed by atoms with Crippen molar-refractivity contribution < 1.29 is 14.3 Å². The summed E-state index contributed by atoms with van der Waals surface area (Å²) in [6.45, 7) is 6.37. The molecule has 0 aromatic heterocycles. The third kappa shape index (κ3) is 5.02. The smallest absolute Gasteiger partial charge is 0.265 e. The molecule has 2 aromatic carbocycles. The molecule has 23 heavy (non-hydrogen) atoms. The van der Waals surface area contributed by atoms with E-state index in [2.05, 4.69) is 5.32 Å². The summed E-state index contributed by atoms with van der Waals surface area (Å²) in [7, 11) is 0. The van der Waals surface area contributed by atoms with Gasteiger partial charge in [-0.25, -0.2) is 0 Å². The molecule has 2 aromatic rings. The molecular formula is C19H23NO3. The molecule has 0 radical (unpaired) electrons. The highest BCUT2D eigenvalue weighted by molar-refractivity contribution is 5.95. The van der Waals surface area contributed by atoms with Crippen LogP contribution in [0.4, 0.5) is 5.69 Å². The molecule has 0 heterocycles. The van der Waals surface area contributed by atoms with E-state index >= 15 is 0 Å². The second-order valence-corrected chi connectivity index (χ2v) is 5.41. The fourth-order valence-corrected chi connectivity index (χ4v) is 2.09. The third-order valence-corrected chi connectivity index (χ3v) is 3.28. The summed E-state index contributed by atoms with van der Waals surface area (Å²) < 4.78 is 11.3. The minimum Gasteiger partial charge on any atom is -0.491 e. The number of hydrogen-bond acceptors (Lipinski definition) is 3. The van der Waals surface area contributed by atoms with Crippen molar-refractivity contribution in [1.82, 2.24) is 0 Å². The van der Waals surface area contributed by atoms with Gasteiger partial charge in [0.2, 0.25) is 0 Å². The zero-order valence-corrected chi connectivity index (χ0v) is 13.8. The topological polar surface area (TPSA) is 47.6 Å². The third-order valence-electron chi connectivity index (χ3n) is 3.28. The number of aryl methyl sites for hydroxylation is 1. The first-order valence-electron chi connectivity index (χ1n) is 7.86. The molecule has 0 aliphatic rings. The molecule has 0 saturated heterocycles. The Morgan fingerprint density at radius 2 is 1.96 bits per heavy atom. The summed E-state index contributed by atoms with van der Waals surface area (Å²) in [6, 6.07) is 15.0. The second kappa shape index (κ2) is 8.22. The molecule has 1 unspecified atom stereocenters. The average molecular weight is 313 g/mol. The zero-order valence-electron chi connectivity index (χ0n) is 13.8. The van der Waals surface area contributed by atoms with Gasteiger partial charge in [0.15, 0.2) is 6.10 Å². The Kier molecular flexibility index (Phi) is 6.03. The number of carbonyl (C=O) groups is 1. The van der Waals surface area contributed by atoms with E-state index in [1.165, 1.54) is 0 Å². The standard InChI is InChI=1S/C19H23NO3/c1-4-12-22-18-11-6-5-10-17(18)20-19(21)15(3)23-16-9-7-8-14(2)13-16/h5-11,13,15H,4,12H2,1-3H3,(H,20,21). The van der Waals surface area contributed by atoms with E-state index in [4.69, 9.17) is 9.47 Å². The number of rotatable bonds is 7. The predicted molar refractivity (Wildman–Crippen MR) is 92.1 cm³/mol. The molecule has 2 rings (SSSR count). The lowest BCUT2D eigenvalue weighted by Gasteiger charge is -2.17. The van der Waals surface area contributed by atoms with Crippen LogP contribution in [0, 0.1) is 6.92 Å². The van der Waals surface area contributed by atoms with Crippen LogP contribution in [0.1, 0.15) is 25.8 Å². The maximum atomic E-state index is 12.3. The van der Waals surface area contributed by atoms with Crippen LogP contribution in [0.3, 0.4) is 0 Å². The zero-order chi connectivity index (χ0) is 16.7. The van der Waals surface area contributed by atoms with Gasteiger partial charge in [-0.1, -0.05) is 31.2 Å². The monoisotopic (exact) mass is 313 g/mol. The van der Waals surface area contributed by atoms with Crippen LogP contribution in [-0.4, -0.2) is 18.6 Å². The van der Waals surface area contributed by atoms with Crippen LogP contribution in [0.5, 0.6) is 11.5 Å². The minimum atomic E-state index is -0.601. The predicted octanol–water partition coefficient (Wildman–Crippen LogP) is 4.19. The van der Waals surface area contributed by atoms with Crippen LogP contribution in [0.25, 0.3) is 0 Å². The SMILES string of the molecule is CCCOc1ccccc1NC(=O)C(C)Oc1cccc(C)c1. The van der Waals surface area contributed by atoms with Crippen LogP contribution in [-0.2, 0) is 4.79 Å². The Labute approximate surface area is 137 Å². The van der Waals surface area contributed by atoms with Gasteiger partial charge in [-0.05, 0) is 50.1 Å². The van der Waals surface area contributed by atoms with Crippen molar-refractivity contribution in [2.24, 2.45) is 0 Å². The molecule has 0 bridgehead atoms. The largest absolute Gasteiger partial charge is 0.491 e. The number of carbonyl (C=O) groups excluding carboxylic acids is 1. The van der Waals surface area contributed by atoms with Crippen LogP contribution in [0.15, 0.2) is 48.5 Å². The maximum Gasteiger partial charge on any atom is 0.265 e. The van der Waals surface area contributed by atoms with E-state index in [1.54, 1.807) is 6.92 Å². The highest BCUT2D eigenvalue weighted by atomic mass is 16.5. The van der Waals surface area contributed by atoms with Gasteiger partial charge in [0.1, 0.15) is 11.5 Å². The highest BCUT2D eigenvalue weighted by Gasteiger charge is 2.16. The van der Waals surface area contributed by atoms with Gasteiger partial charge in [0.25, 0.3) is 5.91 Å². The lowest BCUT2D eigenvalue weighted by atomic mass is 10.2. The molecule has 4 nitrogen and oxygen atoms in total. The summed E-state index contributed by atoms with van der Waals surface area (Å²) in [5, 5.41) is 2.87. The maximum absolute atomic E-state index is 12.3. The number of ether oxygens (including phenoxy) is 2. The van der Waals surface area contributed by atoms with Gasteiger partial charge in [0.05, 0.1) is 12.3 Å².